The molecule has 6 nitrogen and oxygen atoms in total. The number of aliphatic carboxylic acids is 1. The van der Waals surface area contributed by atoms with E-state index in [1.54, 1.807) is 7.11 Å². The molecule has 0 atom stereocenters. The number of carbonyl (C=O) groups is 2. The van der Waals surface area contributed by atoms with Crippen LogP contribution in [0.3, 0.4) is 0 Å². The van der Waals surface area contributed by atoms with Crippen molar-refractivity contribution in [3.05, 3.63) is 42.0 Å². The Morgan fingerprint density at radius 1 is 1.13 bits per heavy atom. The number of hydrogen-bond acceptors (Lipinski definition) is 3. The molecule has 0 spiro atoms. The summed E-state index contributed by atoms with van der Waals surface area (Å²) in [5, 5.41) is 16.1. The number of urea groups is 1. The van der Waals surface area contributed by atoms with Crippen LogP contribution >= 0.6 is 0 Å². The van der Waals surface area contributed by atoms with Gasteiger partial charge in [-0.25, -0.2) is 4.79 Å². The van der Waals surface area contributed by atoms with Gasteiger partial charge in [-0.1, -0.05) is 30.3 Å². The predicted octanol–water partition coefficient (Wildman–Crippen LogP) is 2.51. The fourth-order valence-electron chi connectivity index (χ4n) is 2.36. The fraction of sp³-hybridized carbons (Fsp3) is 0.294. The van der Waals surface area contributed by atoms with E-state index < -0.39 is 5.97 Å². The Morgan fingerprint density at radius 3 is 2.65 bits per heavy atom. The molecule has 122 valence electrons. The van der Waals surface area contributed by atoms with Crippen molar-refractivity contribution in [1.29, 1.82) is 0 Å². The van der Waals surface area contributed by atoms with Gasteiger partial charge in [0, 0.05) is 25.1 Å². The zero-order valence-electron chi connectivity index (χ0n) is 13.0. The molecule has 0 aromatic heterocycles. The van der Waals surface area contributed by atoms with E-state index in [-0.39, 0.29) is 12.5 Å². The minimum Gasteiger partial charge on any atom is -0.496 e. The first-order valence-corrected chi connectivity index (χ1v) is 7.40. The lowest BCUT2D eigenvalue weighted by atomic mass is 10.0. The Kier molecular flexibility index (Phi) is 5.80. The molecule has 0 radical (unpaired) electrons. The third-order valence-corrected chi connectivity index (χ3v) is 3.50. The van der Waals surface area contributed by atoms with Crippen molar-refractivity contribution in [2.24, 2.45) is 0 Å². The van der Waals surface area contributed by atoms with Crippen LogP contribution in [0, 0.1) is 0 Å². The number of ether oxygens (including phenoxy) is 1. The van der Waals surface area contributed by atoms with Gasteiger partial charge in [0.25, 0.3) is 0 Å². The van der Waals surface area contributed by atoms with E-state index in [1.165, 1.54) is 0 Å². The molecule has 0 saturated carbocycles. The van der Waals surface area contributed by atoms with Crippen molar-refractivity contribution in [2.45, 2.75) is 19.4 Å². The van der Waals surface area contributed by atoms with Gasteiger partial charge in [0.2, 0.25) is 0 Å². The molecule has 0 heterocycles. The van der Waals surface area contributed by atoms with Crippen LogP contribution in [0.25, 0.3) is 10.8 Å². The predicted molar refractivity (Wildman–Crippen MR) is 87.6 cm³/mol. The molecule has 0 fully saturated rings. The quantitative estimate of drug-likeness (QED) is 0.685. The smallest absolute Gasteiger partial charge is 0.315 e. The van der Waals surface area contributed by atoms with E-state index in [0.717, 1.165) is 22.1 Å². The summed E-state index contributed by atoms with van der Waals surface area (Å²) < 4.78 is 5.37. The van der Waals surface area contributed by atoms with Crippen molar-refractivity contribution in [1.82, 2.24) is 10.6 Å². The molecule has 0 aliphatic heterocycles. The first-order chi connectivity index (χ1) is 11.1. The highest BCUT2D eigenvalue weighted by Gasteiger charge is 2.09. The van der Waals surface area contributed by atoms with E-state index in [2.05, 4.69) is 10.6 Å². The molecule has 2 aromatic carbocycles. The van der Waals surface area contributed by atoms with Crippen LogP contribution in [0.1, 0.15) is 18.4 Å². The maximum absolute atomic E-state index is 11.8. The van der Waals surface area contributed by atoms with Crippen LogP contribution in [0.5, 0.6) is 5.75 Å². The number of nitrogens with one attached hydrogen (secondary N) is 2. The number of fused-ring (bicyclic) bond motifs is 1. The number of hydrogen-bond donors (Lipinski definition) is 3. The largest absolute Gasteiger partial charge is 0.496 e. The number of carbonyl (C=O) groups excluding carboxylic acids is 1. The van der Waals surface area contributed by atoms with Crippen molar-refractivity contribution < 1.29 is 19.4 Å². The highest BCUT2D eigenvalue weighted by Crippen LogP contribution is 2.27. The second kappa shape index (κ2) is 8.03. The molecule has 0 saturated heterocycles. The van der Waals surface area contributed by atoms with Crippen LogP contribution in [0.15, 0.2) is 36.4 Å². The molecule has 23 heavy (non-hydrogen) atoms. The number of carboxylic acids is 1. The van der Waals surface area contributed by atoms with E-state index in [9.17, 15) is 9.59 Å². The average molecular weight is 316 g/mol. The van der Waals surface area contributed by atoms with Crippen molar-refractivity contribution >= 4 is 22.8 Å². The van der Waals surface area contributed by atoms with Gasteiger partial charge in [-0.05, 0) is 23.3 Å². The Hall–Kier alpha value is -2.76. The molecule has 0 bridgehead atoms. The normalized spacial score (nSPS) is 10.3. The highest BCUT2D eigenvalue weighted by atomic mass is 16.5. The standard InChI is InChI=1S/C17H20N2O4/c1-23-15-9-8-12-5-2-3-6-13(12)14(15)11-19-17(22)18-10-4-7-16(20)21/h2-3,5-6,8-9H,4,7,10-11H2,1H3,(H,20,21)(H2,18,19,22). The van der Waals surface area contributed by atoms with Crippen molar-refractivity contribution in [3.63, 3.8) is 0 Å². The third-order valence-electron chi connectivity index (χ3n) is 3.50. The molecule has 2 aromatic rings. The second-order valence-electron chi connectivity index (χ2n) is 5.07. The molecule has 0 unspecified atom stereocenters. The van der Waals surface area contributed by atoms with E-state index in [0.29, 0.717) is 19.5 Å². The highest BCUT2D eigenvalue weighted by molar-refractivity contribution is 5.88. The summed E-state index contributed by atoms with van der Waals surface area (Å²) in [4.78, 5) is 22.2. The second-order valence-corrected chi connectivity index (χ2v) is 5.07. The van der Waals surface area contributed by atoms with Gasteiger partial charge in [0.15, 0.2) is 0 Å². The summed E-state index contributed by atoms with van der Waals surface area (Å²) in [5.74, 6) is -0.150. The lowest BCUT2D eigenvalue weighted by Crippen LogP contribution is -2.35. The summed E-state index contributed by atoms with van der Waals surface area (Å²) in [6, 6.07) is 11.4. The first kappa shape index (κ1) is 16.6. The van der Waals surface area contributed by atoms with E-state index >= 15 is 0 Å². The molecule has 2 amide bonds. The van der Waals surface area contributed by atoms with Crippen LogP contribution in [-0.2, 0) is 11.3 Å². The molecule has 2 rings (SSSR count). The zero-order valence-corrected chi connectivity index (χ0v) is 13.0. The van der Waals surface area contributed by atoms with Gasteiger partial charge in [-0.3, -0.25) is 4.79 Å². The van der Waals surface area contributed by atoms with E-state index in [1.807, 2.05) is 36.4 Å². The lowest BCUT2D eigenvalue weighted by molar-refractivity contribution is -0.137. The van der Waals surface area contributed by atoms with Gasteiger partial charge in [-0.15, -0.1) is 0 Å². The maximum atomic E-state index is 11.8. The zero-order chi connectivity index (χ0) is 16.7. The molecular formula is C17H20N2O4. The van der Waals surface area contributed by atoms with Gasteiger partial charge in [0.05, 0.1) is 7.11 Å². The Labute approximate surface area is 134 Å². The monoisotopic (exact) mass is 316 g/mol. The van der Waals surface area contributed by atoms with Crippen LogP contribution < -0.4 is 15.4 Å². The van der Waals surface area contributed by atoms with Gasteiger partial charge in [0.1, 0.15) is 5.75 Å². The summed E-state index contributed by atoms with van der Waals surface area (Å²) in [5.41, 5.74) is 0.909. The summed E-state index contributed by atoms with van der Waals surface area (Å²) in [7, 11) is 1.60. The number of methoxy groups -OCH3 is 1. The van der Waals surface area contributed by atoms with Gasteiger partial charge in [-0.2, -0.15) is 0 Å². The summed E-state index contributed by atoms with van der Waals surface area (Å²) in [6.45, 7) is 0.653. The Morgan fingerprint density at radius 2 is 1.91 bits per heavy atom. The van der Waals surface area contributed by atoms with Crippen molar-refractivity contribution in [2.75, 3.05) is 13.7 Å². The molecular weight excluding hydrogens is 296 g/mol. The molecule has 6 heteroatoms. The number of carboxylic acid groups (broad SMARTS) is 1. The Bertz CT molecular complexity index is 700. The van der Waals surface area contributed by atoms with E-state index in [4.69, 9.17) is 9.84 Å². The first-order valence-electron chi connectivity index (χ1n) is 7.40. The SMILES string of the molecule is COc1ccc2ccccc2c1CNC(=O)NCCCC(=O)O. The van der Waals surface area contributed by atoms with Crippen molar-refractivity contribution in [3.8, 4) is 5.75 Å². The minimum atomic E-state index is -0.868. The lowest BCUT2D eigenvalue weighted by Gasteiger charge is -2.13. The summed E-state index contributed by atoms with van der Waals surface area (Å²) >= 11 is 0. The molecule has 3 N–H and O–H groups in total. The fourth-order valence-corrected chi connectivity index (χ4v) is 2.36. The van der Waals surface area contributed by atoms with Gasteiger partial charge >= 0.3 is 12.0 Å². The number of benzene rings is 2. The average Bonchev–Trinajstić information content (AvgIpc) is 2.56. The van der Waals surface area contributed by atoms with Crippen LogP contribution in [-0.4, -0.2) is 30.8 Å². The van der Waals surface area contributed by atoms with Crippen LogP contribution in [0.2, 0.25) is 0 Å². The Balaban J connectivity index is 1.98. The number of amides is 2. The minimum absolute atomic E-state index is 0.0391. The maximum Gasteiger partial charge on any atom is 0.315 e. The van der Waals surface area contributed by atoms with Gasteiger partial charge < -0.3 is 20.5 Å². The van der Waals surface area contributed by atoms with Crippen LogP contribution in [0.4, 0.5) is 4.79 Å². The summed E-state index contributed by atoms with van der Waals surface area (Å²) in [6.07, 6.45) is 0.442. The molecule has 0 aliphatic rings. The molecule has 0 aliphatic carbocycles. The number of rotatable bonds is 7. The third kappa shape index (κ3) is 4.60. The topological polar surface area (TPSA) is 87.7 Å².